The van der Waals surface area contributed by atoms with Gasteiger partial charge in [0.2, 0.25) is 0 Å². The molecule has 0 saturated carbocycles. The molecular weight excluding hydrogens is 210 g/mol. The second-order valence-electron chi connectivity index (χ2n) is 3.35. The first-order chi connectivity index (χ1) is 7.31. The Kier molecular flexibility index (Phi) is 5.68. The van der Waals surface area contributed by atoms with Crippen molar-refractivity contribution in [1.29, 1.82) is 0 Å². The van der Waals surface area contributed by atoms with Gasteiger partial charge < -0.3 is 14.8 Å². The van der Waals surface area contributed by atoms with Crippen LogP contribution in [0.5, 0.6) is 5.75 Å². The topological polar surface area (TPSA) is 30.5 Å². The summed E-state index contributed by atoms with van der Waals surface area (Å²) in [6.45, 7) is 3.86. The van der Waals surface area contributed by atoms with Crippen LogP contribution >= 0.6 is 11.3 Å². The second kappa shape index (κ2) is 6.82. The summed E-state index contributed by atoms with van der Waals surface area (Å²) in [4.78, 5) is 1.27. The van der Waals surface area contributed by atoms with E-state index in [9.17, 15) is 0 Å². The van der Waals surface area contributed by atoms with Crippen LogP contribution in [-0.2, 0) is 4.74 Å². The average Bonchev–Trinajstić information content (AvgIpc) is 2.72. The molecule has 0 radical (unpaired) electrons. The van der Waals surface area contributed by atoms with E-state index < -0.39 is 0 Å². The summed E-state index contributed by atoms with van der Waals surface area (Å²) >= 11 is 1.71. The highest BCUT2D eigenvalue weighted by Gasteiger charge is 2.12. The van der Waals surface area contributed by atoms with Crippen molar-refractivity contribution in [2.24, 2.45) is 0 Å². The molecule has 0 aliphatic heterocycles. The zero-order chi connectivity index (χ0) is 11.1. The summed E-state index contributed by atoms with van der Waals surface area (Å²) < 4.78 is 10.4. The van der Waals surface area contributed by atoms with E-state index in [1.54, 1.807) is 25.6 Å². The molecule has 1 aromatic rings. The molecule has 3 nitrogen and oxygen atoms in total. The molecular formula is C11H19NO2S. The number of methoxy groups -OCH3 is 2. The molecule has 4 heteroatoms. The summed E-state index contributed by atoms with van der Waals surface area (Å²) in [6.07, 6.45) is 1.13. The monoisotopic (exact) mass is 229 g/mol. The van der Waals surface area contributed by atoms with Crippen molar-refractivity contribution in [2.45, 2.75) is 19.4 Å². The van der Waals surface area contributed by atoms with Crippen LogP contribution in [0.2, 0.25) is 0 Å². The first-order valence-electron chi connectivity index (χ1n) is 5.16. The van der Waals surface area contributed by atoms with Crippen LogP contribution in [-0.4, -0.2) is 27.4 Å². The maximum Gasteiger partial charge on any atom is 0.129 e. The molecule has 15 heavy (non-hydrogen) atoms. The Morgan fingerprint density at radius 1 is 1.47 bits per heavy atom. The molecule has 0 saturated heterocycles. The minimum atomic E-state index is 0.281. The number of thiophene rings is 1. The van der Waals surface area contributed by atoms with Crippen LogP contribution < -0.4 is 10.1 Å². The Hall–Kier alpha value is -0.580. The standard InChI is InChI=1S/C11H19NO2S/c1-4-5-12-10(7-13-2)11-6-9(14-3)8-15-11/h6,8,10,12H,4-5,7H2,1-3H3. The van der Waals surface area contributed by atoms with Gasteiger partial charge >= 0.3 is 0 Å². The van der Waals surface area contributed by atoms with Gasteiger partial charge in [0, 0.05) is 17.4 Å². The van der Waals surface area contributed by atoms with Gasteiger partial charge in [0.1, 0.15) is 5.75 Å². The van der Waals surface area contributed by atoms with E-state index in [0.717, 1.165) is 18.7 Å². The fourth-order valence-electron chi connectivity index (χ4n) is 1.35. The fraction of sp³-hybridized carbons (Fsp3) is 0.636. The zero-order valence-corrected chi connectivity index (χ0v) is 10.4. The SMILES string of the molecule is CCCNC(COC)c1cc(OC)cs1. The summed E-state index contributed by atoms with van der Waals surface area (Å²) in [6, 6.07) is 2.35. The predicted molar refractivity (Wildman–Crippen MR) is 63.8 cm³/mol. The molecule has 1 aromatic heterocycles. The van der Waals surface area contributed by atoms with Crippen LogP contribution in [0.15, 0.2) is 11.4 Å². The van der Waals surface area contributed by atoms with Crippen molar-refractivity contribution >= 4 is 11.3 Å². The lowest BCUT2D eigenvalue weighted by Gasteiger charge is -2.15. The largest absolute Gasteiger partial charge is 0.496 e. The smallest absolute Gasteiger partial charge is 0.129 e. The lowest BCUT2D eigenvalue weighted by atomic mass is 10.2. The molecule has 0 amide bonds. The van der Waals surface area contributed by atoms with Crippen molar-refractivity contribution < 1.29 is 9.47 Å². The van der Waals surface area contributed by atoms with E-state index in [1.807, 2.05) is 5.38 Å². The Morgan fingerprint density at radius 2 is 2.27 bits per heavy atom. The fourth-order valence-corrected chi connectivity index (χ4v) is 2.27. The summed E-state index contributed by atoms with van der Waals surface area (Å²) in [7, 11) is 3.42. The molecule has 0 fully saturated rings. The van der Waals surface area contributed by atoms with E-state index >= 15 is 0 Å². The van der Waals surface area contributed by atoms with E-state index in [-0.39, 0.29) is 6.04 Å². The maximum atomic E-state index is 5.20. The molecule has 0 aliphatic carbocycles. The zero-order valence-electron chi connectivity index (χ0n) is 9.58. The lowest BCUT2D eigenvalue weighted by Crippen LogP contribution is -2.25. The Balaban J connectivity index is 2.60. The third-order valence-corrected chi connectivity index (χ3v) is 3.17. The highest BCUT2D eigenvalue weighted by Crippen LogP contribution is 2.26. The highest BCUT2D eigenvalue weighted by molar-refractivity contribution is 7.10. The molecule has 1 rings (SSSR count). The number of hydrogen-bond acceptors (Lipinski definition) is 4. The Labute approximate surface area is 95.4 Å². The molecule has 0 aromatic carbocycles. The summed E-state index contributed by atoms with van der Waals surface area (Å²) in [5.74, 6) is 0.925. The minimum Gasteiger partial charge on any atom is -0.496 e. The number of nitrogens with one attached hydrogen (secondary N) is 1. The molecule has 1 heterocycles. The molecule has 0 spiro atoms. The molecule has 1 unspecified atom stereocenters. The van der Waals surface area contributed by atoms with Gasteiger partial charge in [-0.05, 0) is 19.0 Å². The van der Waals surface area contributed by atoms with Gasteiger partial charge in [-0.1, -0.05) is 6.92 Å². The van der Waals surface area contributed by atoms with E-state index in [4.69, 9.17) is 9.47 Å². The first-order valence-corrected chi connectivity index (χ1v) is 6.04. The van der Waals surface area contributed by atoms with Crippen LogP contribution in [0.25, 0.3) is 0 Å². The molecule has 86 valence electrons. The van der Waals surface area contributed by atoms with Crippen LogP contribution in [0, 0.1) is 0 Å². The van der Waals surface area contributed by atoms with Gasteiger partial charge in [-0.15, -0.1) is 11.3 Å². The van der Waals surface area contributed by atoms with Gasteiger partial charge in [0.25, 0.3) is 0 Å². The first kappa shape index (κ1) is 12.5. The van der Waals surface area contributed by atoms with Crippen molar-refractivity contribution in [1.82, 2.24) is 5.32 Å². The van der Waals surface area contributed by atoms with Crippen molar-refractivity contribution in [3.8, 4) is 5.75 Å². The van der Waals surface area contributed by atoms with Gasteiger partial charge in [-0.2, -0.15) is 0 Å². The third kappa shape index (κ3) is 3.81. The third-order valence-electron chi connectivity index (χ3n) is 2.15. The van der Waals surface area contributed by atoms with E-state index in [0.29, 0.717) is 6.61 Å². The summed E-state index contributed by atoms with van der Waals surface area (Å²) in [5.41, 5.74) is 0. The number of hydrogen-bond donors (Lipinski definition) is 1. The second-order valence-corrected chi connectivity index (χ2v) is 4.29. The van der Waals surface area contributed by atoms with Crippen LogP contribution in [0.1, 0.15) is 24.3 Å². The van der Waals surface area contributed by atoms with Crippen molar-refractivity contribution in [2.75, 3.05) is 27.4 Å². The lowest BCUT2D eigenvalue weighted by molar-refractivity contribution is 0.168. The molecule has 1 N–H and O–H groups in total. The van der Waals surface area contributed by atoms with Crippen molar-refractivity contribution in [3.05, 3.63) is 16.3 Å². The minimum absolute atomic E-state index is 0.281. The van der Waals surface area contributed by atoms with E-state index in [1.165, 1.54) is 4.88 Å². The predicted octanol–water partition coefficient (Wildman–Crippen LogP) is 2.44. The molecule has 0 bridgehead atoms. The van der Waals surface area contributed by atoms with Crippen molar-refractivity contribution in [3.63, 3.8) is 0 Å². The van der Waals surface area contributed by atoms with Gasteiger partial charge in [-0.3, -0.25) is 0 Å². The Morgan fingerprint density at radius 3 is 2.80 bits per heavy atom. The van der Waals surface area contributed by atoms with E-state index in [2.05, 4.69) is 18.3 Å². The average molecular weight is 229 g/mol. The number of rotatable bonds is 7. The van der Waals surface area contributed by atoms with Gasteiger partial charge in [0.05, 0.1) is 19.8 Å². The van der Waals surface area contributed by atoms with Gasteiger partial charge in [-0.25, -0.2) is 0 Å². The molecule has 1 atom stereocenters. The number of ether oxygens (including phenoxy) is 2. The van der Waals surface area contributed by atoms with Crippen LogP contribution in [0.4, 0.5) is 0 Å². The van der Waals surface area contributed by atoms with Gasteiger partial charge in [0.15, 0.2) is 0 Å². The normalized spacial score (nSPS) is 12.7. The molecule has 0 aliphatic rings. The quantitative estimate of drug-likeness (QED) is 0.779. The highest BCUT2D eigenvalue weighted by atomic mass is 32.1. The van der Waals surface area contributed by atoms with Crippen LogP contribution in [0.3, 0.4) is 0 Å². The summed E-state index contributed by atoms with van der Waals surface area (Å²) in [5, 5.41) is 5.47. The maximum absolute atomic E-state index is 5.20. The Bertz CT molecular complexity index is 275.